The Morgan fingerprint density at radius 2 is 1.09 bits per heavy atom. The van der Waals surface area contributed by atoms with Crippen LogP contribution in [0.25, 0.3) is 49.7 Å². The van der Waals surface area contributed by atoms with E-state index >= 15 is 0 Å². The third-order valence-electron chi connectivity index (χ3n) is 8.09. The second kappa shape index (κ2) is 11.4. The van der Waals surface area contributed by atoms with Crippen molar-refractivity contribution in [2.45, 2.75) is 6.04 Å². The zero-order valence-electron chi connectivity index (χ0n) is 23.7. The summed E-state index contributed by atoms with van der Waals surface area (Å²) >= 11 is 0. The van der Waals surface area contributed by atoms with E-state index in [9.17, 15) is 0 Å². The number of allylic oxidation sites excluding steroid dienone is 1. The Morgan fingerprint density at radius 3 is 1.74 bits per heavy atom. The first-order chi connectivity index (χ1) is 21.2. The van der Waals surface area contributed by atoms with E-state index in [2.05, 4.69) is 138 Å². The minimum absolute atomic E-state index is 0.318. The number of para-hydroxylation sites is 2. The van der Waals surface area contributed by atoms with Crippen molar-refractivity contribution in [3.05, 3.63) is 175 Å². The largest absolute Gasteiger partial charge is 0.321 e. The van der Waals surface area contributed by atoms with Crippen molar-refractivity contribution >= 4 is 27.5 Å². The summed E-state index contributed by atoms with van der Waals surface area (Å²) in [6.07, 6.45) is 3.71. The van der Waals surface area contributed by atoms with Gasteiger partial charge >= 0.3 is 0 Å². The standard InChI is InChI=1S/C40H31N3/c41-37(31-21-23-34(24-22-31)43-39-15-6-4-13-35(39)36-14-5-7-16-40(36)43)25-26-38(42)33-12-8-11-32(27-33)30-19-17-29(18-20-30)28-9-2-1-3-10-28/h1-27,37,42H,41H2/b26-25-,42-38?/t37-/m0/s1. The summed E-state index contributed by atoms with van der Waals surface area (Å²) in [5.74, 6) is 0. The van der Waals surface area contributed by atoms with Gasteiger partial charge in [-0.05, 0) is 69.8 Å². The van der Waals surface area contributed by atoms with E-state index in [1.807, 2.05) is 30.4 Å². The summed E-state index contributed by atoms with van der Waals surface area (Å²) in [7, 11) is 0. The van der Waals surface area contributed by atoms with E-state index in [0.29, 0.717) is 5.71 Å². The highest BCUT2D eigenvalue weighted by atomic mass is 15.0. The maximum absolute atomic E-state index is 8.73. The van der Waals surface area contributed by atoms with Gasteiger partial charge in [0.15, 0.2) is 0 Å². The number of aromatic nitrogens is 1. The second-order valence-electron chi connectivity index (χ2n) is 10.8. The Labute approximate surface area is 251 Å². The molecule has 0 saturated heterocycles. The predicted octanol–water partition coefficient (Wildman–Crippen LogP) is 9.74. The van der Waals surface area contributed by atoms with Gasteiger partial charge < -0.3 is 15.7 Å². The summed E-state index contributed by atoms with van der Waals surface area (Å²) in [5.41, 5.74) is 16.9. The van der Waals surface area contributed by atoms with Crippen LogP contribution in [0.15, 0.2) is 164 Å². The zero-order valence-corrected chi connectivity index (χ0v) is 23.7. The molecule has 0 aliphatic carbocycles. The molecule has 1 atom stereocenters. The van der Waals surface area contributed by atoms with Crippen molar-refractivity contribution in [3.63, 3.8) is 0 Å². The van der Waals surface area contributed by atoms with Crippen molar-refractivity contribution in [2.24, 2.45) is 5.73 Å². The maximum Gasteiger partial charge on any atom is 0.0609 e. The minimum atomic E-state index is -0.318. The van der Waals surface area contributed by atoms with E-state index in [0.717, 1.165) is 27.9 Å². The quantitative estimate of drug-likeness (QED) is 0.190. The highest BCUT2D eigenvalue weighted by Crippen LogP contribution is 2.32. The molecule has 3 nitrogen and oxygen atoms in total. The predicted molar refractivity (Wildman–Crippen MR) is 181 cm³/mol. The van der Waals surface area contributed by atoms with Crippen molar-refractivity contribution in [1.82, 2.24) is 4.57 Å². The van der Waals surface area contributed by atoms with Crippen LogP contribution in [0.1, 0.15) is 17.2 Å². The van der Waals surface area contributed by atoms with E-state index < -0.39 is 0 Å². The molecule has 206 valence electrons. The molecule has 7 aromatic rings. The highest BCUT2D eigenvalue weighted by molar-refractivity contribution is 6.09. The molecular weight excluding hydrogens is 522 g/mol. The molecule has 3 heteroatoms. The van der Waals surface area contributed by atoms with Crippen LogP contribution in [0.4, 0.5) is 0 Å². The Balaban J connectivity index is 1.08. The molecule has 0 bridgehead atoms. The number of fused-ring (bicyclic) bond motifs is 3. The highest BCUT2D eigenvalue weighted by Gasteiger charge is 2.12. The summed E-state index contributed by atoms with van der Waals surface area (Å²) < 4.78 is 2.30. The third kappa shape index (κ3) is 5.19. The van der Waals surface area contributed by atoms with Gasteiger partial charge in [-0.3, -0.25) is 0 Å². The number of hydrogen-bond acceptors (Lipinski definition) is 2. The maximum atomic E-state index is 8.73. The fourth-order valence-corrected chi connectivity index (χ4v) is 5.81. The average molecular weight is 554 g/mol. The first kappa shape index (κ1) is 26.4. The lowest BCUT2D eigenvalue weighted by Crippen LogP contribution is -2.08. The topological polar surface area (TPSA) is 54.8 Å². The van der Waals surface area contributed by atoms with Gasteiger partial charge in [-0.2, -0.15) is 0 Å². The molecule has 1 heterocycles. The number of rotatable bonds is 7. The number of nitrogens with one attached hydrogen (secondary N) is 1. The lowest BCUT2D eigenvalue weighted by Gasteiger charge is -2.11. The van der Waals surface area contributed by atoms with Crippen molar-refractivity contribution in [1.29, 1.82) is 5.41 Å². The summed E-state index contributed by atoms with van der Waals surface area (Å²) in [4.78, 5) is 0. The van der Waals surface area contributed by atoms with Crippen LogP contribution < -0.4 is 5.73 Å². The number of benzene rings is 6. The Kier molecular flexibility index (Phi) is 7.00. The minimum Gasteiger partial charge on any atom is -0.321 e. The van der Waals surface area contributed by atoms with Gasteiger partial charge in [-0.25, -0.2) is 0 Å². The Morgan fingerprint density at radius 1 is 0.558 bits per heavy atom. The van der Waals surface area contributed by atoms with Crippen LogP contribution >= 0.6 is 0 Å². The van der Waals surface area contributed by atoms with Gasteiger partial charge in [0.2, 0.25) is 0 Å². The van der Waals surface area contributed by atoms with Crippen LogP contribution in [0.3, 0.4) is 0 Å². The molecule has 0 unspecified atom stereocenters. The molecule has 0 aliphatic heterocycles. The van der Waals surface area contributed by atoms with Crippen molar-refractivity contribution < 1.29 is 0 Å². The van der Waals surface area contributed by atoms with E-state index in [1.54, 1.807) is 0 Å². The van der Waals surface area contributed by atoms with Crippen molar-refractivity contribution in [2.75, 3.05) is 0 Å². The smallest absolute Gasteiger partial charge is 0.0609 e. The molecule has 6 aromatic carbocycles. The number of hydrogen-bond donors (Lipinski definition) is 2. The lowest BCUT2D eigenvalue weighted by molar-refractivity contribution is 0.911. The molecule has 0 aliphatic rings. The summed E-state index contributed by atoms with van der Waals surface area (Å²) in [6, 6.07) is 52.2. The molecule has 1 aromatic heterocycles. The van der Waals surface area contributed by atoms with Crippen LogP contribution in [-0.2, 0) is 0 Å². The molecule has 0 radical (unpaired) electrons. The van der Waals surface area contributed by atoms with Crippen molar-refractivity contribution in [3.8, 4) is 27.9 Å². The molecule has 0 spiro atoms. The van der Waals surface area contributed by atoms with Gasteiger partial charge in [-0.1, -0.05) is 127 Å². The third-order valence-corrected chi connectivity index (χ3v) is 8.09. The molecule has 43 heavy (non-hydrogen) atoms. The van der Waals surface area contributed by atoms with Crippen LogP contribution in [0.5, 0.6) is 0 Å². The van der Waals surface area contributed by atoms with Crippen LogP contribution in [0, 0.1) is 5.41 Å². The molecule has 7 rings (SSSR count). The molecule has 0 saturated carbocycles. The zero-order chi connectivity index (χ0) is 29.2. The van der Waals surface area contributed by atoms with Gasteiger partial charge in [0, 0.05) is 22.5 Å². The van der Waals surface area contributed by atoms with Gasteiger partial charge in [0.1, 0.15) is 0 Å². The van der Waals surface area contributed by atoms with E-state index in [-0.39, 0.29) is 6.04 Å². The molecular formula is C40H31N3. The van der Waals surface area contributed by atoms with E-state index in [4.69, 9.17) is 11.1 Å². The fourth-order valence-electron chi connectivity index (χ4n) is 5.81. The van der Waals surface area contributed by atoms with Gasteiger partial charge in [-0.15, -0.1) is 0 Å². The van der Waals surface area contributed by atoms with Gasteiger partial charge in [0.25, 0.3) is 0 Å². The average Bonchev–Trinajstić information content (AvgIpc) is 3.42. The monoisotopic (exact) mass is 553 g/mol. The Hall–Kier alpha value is -5.51. The van der Waals surface area contributed by atoms with Gasteiger partial charge in [0.05, 0.1) is 16.7 Å². The lowest BCUT2D eigenvalue weighted by atomic mass is 9.98. The second-order valence-corrected chi connectivity index (χ2v) is 10.8. The Bertz CT molecular complexity index is 2030. The van der Waals surface area contributed by atoms with Crippen LogP contribution in [0.2, 0.25) is 0 Å². The molecule has 3 N–H and O–H groups in total. The molecule has 0 amide bonds. The summed E-state index contributed by atoms with van der Waals surface area (Å²) in [5, 5.41) is 11.2. The normalized spacial score (nSPS) is 12.2. The number of nitrogens with zero attached hydrogens (tertiary/aromatic N) is 1. The summed E-state index contributed by atoms with van der Waals surface area (Å²) in [6.45, 7) is 0. The SMILES string of the molecule is N=C(/C=C\[C@H](N)c1ccc(-n2c3ccccc3c3ccccc32)cc1)c1cccc(-c2ccc(-c3ccccc3)cc2)c1. The fraction of sp³-hybridized carbons (Fsp3) is 0.0250. The van der Waals surface area contributed by atoms with E-state index in [1.165, 1.54) is 32.9 Å². The first-order valence-corrected chi connectivity index (χ1v) is 14.5. The number of nitrogens with two attached hydrogens (primary N) is 1. The van der Waals surface area contributed by atoms with Crippen LogP contribution in [-0.4, -0.2) is 10.3 Å². The first-order valence-electron chi connectivity index (χ1n) is 14.5. The molecule has 0 fully saturated rings.